The summed E-state index contributed by atoms with van der Waals surface area (Å²) in [6, 6.07) is 9.30. The Bertz CT molecular complexity index is 551. The van der Waals surface area contributed by atoms with E-state index in [1.165, 1.54) is 11.8 Å². The van der Waals surface area contributed by atoms with Gasteiger partial charge in [0.2, 0.25) is 5.91 Å². The van der Waals surface area contributed by atoms with Gasteiger partial charge in [-0.3, -0.25) is 4.79 Å². The Balaban J connectivity index is 1.78. The van der Waals surface area contributed by atoms with E-state index in [0.29, 0.717) is 17.3 Å². The van der Waals surface area contributed by atoms with E-state index in [9.17, 15) is 4.79 Å². The summed E-state index contributed by atoms with van der Waals surface area (Å²) in [5, 5.41) is 3.55. The Hall–Kier alpha value is -1.40. The second kappa shape index (κ2) is 7.25. The molecule has 0 unspecified atom stereocenters. The van der Waals surface area contributed by atoms with Crippen molar-refractivity contribution >= 4 is 39.3 Å². The first-order chi connectivity index (χ1) is 9.25. The molecule has 0 radical (unpaired) electrons. The highest BCUT2D eigenvalue weighted by Gasteiger charge is 2.05. The van der Waals surface area contributed by atoms with Crippen molar-refractivity contribution in [3.63, 3.8) is 0 Å². The number of hydrogen-bond donors (Lipinski definition) is 1. The van der Waals surface area contributed by atoms with E-state index in [1.54, 1.807) is 18.5 Å². The predicted molar refractivity (Wildman–Crippen MR) is 80.1 cm³/mol. The lowest BCUT2D eigenvalue weighted by Gasteiger charge is -2.06. The second-order valence-corrected chi connectivity index (χ2v) is 5.57. The third kappa shape index (κ3) is 4.65. The summed E-state index contributed by atoms with van der Waals surface area (Å²) in [6.07, 6.45) is 3.80. The molecule has 0 bridgehead atoms. The molecule has 4 nitrogen and oxygen atoms in total. The van der Waals surface area contributed by atoms with Crippen molar-refractivity contribution in [3.8, 4) is 0 Å². The Morgan fingerprint density at radius 3 is 2.68 bits per heavy atom. The lowest BCUT2D eigenvalue weighted by molar-refractivity contribution is -0.115. The minimum absolute atomic E-state index is 0.0182. The molecule has 1 aromatic carbocycles. The first-order valence-corrected chi connectivity index (χ1v) is 7.48. The molecule has 0 saturated carbocycles. The summed E-state index contributed by atoms with van der Waals surface area (Å²) in [5.41, 5.74) is 0.786. The molecule has 1 aromatic heterocycles. The number of nitrogens with one attached hydrogen (secondary N) is 1. The summed E-state index contributed by atoms with van der Waals surface area (Å²) in [7, 11) is 0. The molecule has 0 atom stereocenters. The van der Waals surface area contributed by atoms with E-state index in [1.807, 2.05) is 24.3 Å². The molecule has 19 heavy (non-hydrogen) atoms. The molecule has 1 N–H and O–H groups in total. The maximum atomic E-state index is 11.8. The number of nitrogens with zero attached hydrogens (tertiary/aromatic N) is 2. The van der Waals surface area contributed by atoms with Gasteiger partial charge in [-0.15, -0.1) is 0 Å². The highest BCUT2D eigenvalue weighted by atomic mass is 79.9. The molecule has 0 fully saturated rings. The quantitative estimate of drug-likeness (QED) is 0.671. The molecule has 0 saturated heterocycles. The maximum Gasteiger partial charge on any atom is 0.225 e. The summed E-state index contributed by atoms with van der Waals surface area (Å²) in [6.45, 7) is 0. The molecule has 98 valence electrons. The van der Waals surface area contributed by atoms with Gasteiger partial charge in [0, 0.05) is 29.0 Å². The molecule has 0 aliphatic heterocycles. The van der Waals surface area contributed by atoms with Crippen LogP contribution >= 0.6 is 27.7 Å². The summed E-state index contributed by atoms with van der Waals surface area (Å²) < 4.78 is 0.877. The molecule has 0 spiro atoms. The topological polar surface area (TPSA) is 54.9 Å². The van der Waals surface area contributed by atoms with Crippen molar-refractivity contribution in [1.29, 1.82) is 0 Å². The number of anilines is 1. The fourth-order valence-corrected chi connectivity index (χ4v) is 2.49. The van der Waals surface area contributed by atoms with Crippen LogP contribution in [0, 0.1) is 0 Å². The van der Waals surface area contributed by atoms with Crippen molar-refractivity contribution < 1.29 is 4.79 Å². The van der Waals surface area contributed by atoms with Gasteiger partial charge in [0.25, 0.3) is 0 Å². The van der Waals surface area contributed by atoms with Crippen LogP contribution in [-0.4, -0.2) is 21.6 Å². The Morgan fingerprint density at radius 2 is 1.95 bits per heavy atom. The van der Waals surface area contributed by atoms with Gasteiger partial charge in [0.1, 0.15) is 0 Å². The van der Waals surface area contributed by atoms with Crippen molar-refractivity contribution in [1.82, 2.24) is 9.97 Å². The molecule has 1 heterocycles. The van der Waals surface area contributed by atoms with E-state index >= 15 is 0 Å². The van der Waals surface area contributed by atoms with Crippen molar-refractivity contribution in [2.24, 2.45) is 0 Å². The van der Waals surface area contributed by atoms with Gasteiger partial charge < -0.3 is 5.32 Å². The summed E-state index contributed by atoms with van der Waals surface area (Å²) >= 11 is 4.86. The lowest BCUT2D eigenvalue weighted by Crippen LogP contribution is -2.12. The minimum atomic E-state index is -0.0182. The minimum Gasteiger partial charge on any atom is -0.325 e. The largest absolute Gasteiger partial charge is 0.325 e. The third-order valence-corrected chi connectivity index (χ3v) is 3.82. The monoisotopic (exact) mass is 337 g/mol. The molecule has 2 rings (SSSR count). The number of benzene rings is 1. The predicted octanol–water partition coefficient (Wildman–Crippen LogP) is 3.36. The van der Waals surface area contributed by atoms with Crippen LogP contribution in [0.3, 0.4) is 0 Å². The molecule has 1 amide bonds. The number of halogens is 1. The van der Waals surface area contributed by atoms with Crippen LogP contribution < -0.4 is 5.32 Å². The highest BCUT2D eigenvalue weighted by Crippen LogP contribution is 2.21. The van der Waals surface area contributed by atoms with Crippen molar-refractivity contribution in [2.75, 3.05) is 11.1 Å². The second-order valence-electron chi connectivity index (χ2n) is 3.66. The van der Waals surface area contributed by atoms with Crippen LogP contribution in [0.15, 0.2) is 52.4 Å². The van der Waals surface area contributed by atoms with Crippen LogP contribution in [0.5, 0.6) is 0 Å². The van der Waals surface area contributed by atoms with Crippen molar-refractivity contribution in [3.05, 3.63) is 47.2 Å². The van der Waals surface area contributed by atoms with E-state index in [0.717, 1.165) is 10.2 Å². The number of thioether (sulfide) groups is 1. The van der Waals surface area contributed by atoms with Crippen LogP contribution in [0.1, 0.15) is 6.42 Å². The first kappa shape index (κ1) is 14.0. The number of hydrogen-bond acceptors (Lipinski definition) is 4. The van der Waals surface area contributed by atoms with Crippen LogP contribution in [0.2, 0.25) is 0 Å². The first-order valence-electron chi connectivity index (χ1n) is 5.70. The van der Waals surface area contributed by atoms with Gasteiger partial charge in [-0.05, 0) is 34.1 Å². The molecular weight excluding hydrogens is 326 g/mol. The zero-order valence-corrected chi connectivity index (χ0v) is 12.4. The molecule has 0 aliphatic rings. The zero-order chi connectivity index (χ0) is 13.5. The maximum absolute atomic E-state index is 11.8. The van der Waals surface area contributed by atoms with E-state index in [4.69, 9.17) is 0 Å². The van der Waals surface area contributed by atoms with Gasteiger partial charge in [-0.25, -0.2) is 9.97 Å². The fourth-order valence-electron chi connectivity index (χ4n) is 1.37. The number of para-hydroxylation sites is 1. The standard InChI is InChI=1S/C13H12BrN3OS/c14-10-4-1-2-5-11(10)17-12(18)6-9-19-13-15-7-3-8-16-13/h1-5,7-8H,6,9H2,(H,17,18). The SMILES string of the molecule is O=C(CCSc1ncccn1)Nc1ccccc1Br. The summed E-state index contributed by atoms with van der Waals surface area (Å²) in [5.74, 6) is 0.635. The Kier molecular flexibility index (Phi) is 5.35. The van der Waals surface area contributed by atoms with Crippen LogP contribution in [0.4, 0.5) is 5.69 Å². The van der Waals surface area contributed by atoms with Gasteiger partial charge in [0.05, 0.1) is 5.69 Å². The number of carbonyl (C=O) groups is 1. The normalized spacial score (nSPS) is 10.2. The zero-order valence-electron chi connectivity index (χ0n) is 10.0. The van der Waals surface area contributed by atoms with Crippen LogP contribution in [0.25, 0.3) is 0 Å². The van der Waals surface area contributed by atoms with Gasteiger partial charge >= 0.3 is 0 Å². The van der Waals surface area contributed by atoms with Gasteiger partial charge in [0.15, 0.2) is 5.16 Å². The van der Waals surface area contributed by atoms with Gasteiger partial charge in [-0.1, -0.05) is 23.9 Å². The molecule has 6 heteroatoms. The van der Waals surface area contributed by atoms with Crippen LogP contribution in [-0.2, 0) is 4.79 Å². The molecule has 0 aliphatic carbocycles. The Labute approximate surface area is 124 Å². The number of amides is 1. The van der Waals surface area contributed by atoms with E-state index < -0.39 is 0 Å². The number of aromatic nitrogens is 2. The van der Waals surface area contributed by atoms with E-state index in [-0.39, 0.29) is 5.91 Å². The highest BCUT2D eigenvalue weighted by molar-refractivity contribution is 9.10. The Morgan fingerprint density at radius 1 is 1.21 bits per heavy atom. The fraction of sp³-hybridized carbons (Fsp3) is 0.154. The lowest BCUT2D eigenvalue weighted by atomic mass is 10.3. The molecular formula is C13H12BrN3OS. The third-order valence-electron chi connectivity index (χ3n) is 2.25. The van der Waals surface area contributed by atoms with Gasteiger partial charge in [-0.2, -0.15) is 0 Å². The number of rotatable bonds is 5. The number of carbonyl (C=O) groups excluding carboxylic acids is 1. The van der Waals surface area contributed by atoms with E-state index in [2.05, 4.69) is 31.2 Å². The van der Waals surface area contributed by atoms with Crippen molar-refractivity contribution in [2.45, 2.75) is 11.6 Å². The smallest absolute Gasteiger partial charge is 0.225 e. The summed E-state index contributed by atoms with van der Waals surface area (Å²) in [4.78, 5) is 19.9. The average molecular weight is 338 g/mol. The average Bonchev–Trinajstić information content (AvgIpc) is 2.43. The molecule has 2 aromatic rings.